The van der Waals surface area contributed by atoms with Crippen molar-refractivity contribution in [3.63, 3.8) is 0 Å². The molecule has 2 atom stereocenters. The number of nitriles is 1. The van der Waals surface area contributed by atoms with E-state index in [0.29, 0.717) is 12.3 Å². The van der Waals surface area contributed by atoms with Crippen LogP contribution in [-0.4, -0.2) is 5.78 Å². The van der Waals surface area contributed by atoms with E-state index in [4.69, 9.17) is 5.26 Å². The minimum Gasteiger partial charge on any atom is -0.295 e. The first kappa shape index (κ1) is 8.50. The molecule has 2 heteroatoms. The van der Waals surface area contributed by atoms with Gasteiger partial charge in [-0.25, -0.2) is 0 Å². The van der Waals surface area contributed by atoms with Gasteiger partial charge in [-0.2, -0.15) is 5.26 Å². The highest BCUT2D eigenvalue weighted by Gasteiger charge is 2.28. The molecule has 13 heavy (non-hydrogen) atoms. The molecule has 0 bridgehead atoms. The normalized spacial score (nSPS) is 33.2. The number of nitrogens with zero attached hydrogens (tertiary/aromatic N) is 1. The van der Waals surface area contributed by atoms with E-state index in [1.54, 1.807) is 6.08 Å². The number of hydrogen-bond acceptors (Lipinski definition) is 2. The number of ketones is 1. The predicted molar refractivity (Wildman–Crippen MR) is 48.8 cm³/mol. The van der Waals surface area contributed by atoms with E-state index < -0.39 is 0 Å². The highest BCUT2D eigenvalue weighted by Crippen LogP contribution is 2.38. The molecule has 0 saturated heterocycles. The minimum absolute atomic E-state index is 0.161. The Balaban J connectivity index is 2.15. The van der Waals surface area contributed by atoms with Gasteiger partial charge in [-0.1, -0.05) is 5.57 Å². The van der Waals surface area contributed by atoms with Crippen molar-refractivity contribution in [2.24, 2.45) is 11.8 Å². The molecule has 0 N–H and O–H groups in total. The van der Waals surface area contributed by atoms with Crippen molar-refractivity contribution in [1.29, 1.82) is 5.26 Å². The van der Waals surface area contributed by atoms with Crippen LogP contribution in [0.1, 0.15) is 32.1 Å². The molecule has 0 heterocycles. The maximum atomic E-state index is 11.2. The summed E-state index contributed by atoms with van der Waals surface area (Å²) in [7, 11) is 0. The van der Waals surface area contributed by atoms with Crippen LogP contribution in [0.3, 0.4) is 0 Å². The molecule has 0 radical (unpaired) electrons. The molecule has 2 nitrogen and oxygen atoms in total. The Hall–Kier alpha value is -1.10. The first-order valence-corrected chi connectivity index (χ1v) is 4.92. The van der Waals surface area contributed by atoms with E-state index in [2.05, 4.69) is 6.07 Å². The fourth-order valence-corrected chi connectivity index (χ4v) is 2.35. The molecule has 2 rings (SSSR count). The van der Waals surface area contributed by atoms with Gasteiger partial charge in [0.25, 0.3) is 0 Å². The summed E-state index contributed by atoms with van der Waals surface area (Å²) in [6.45, 7) is 0. The summed E-state index contributed by atoms with van der Waals surface area (Å²) in [5, 5.41) is 8.79. The fourth-order valence-electron chi connectivity index (χ4n) is 2.35. The quantitative estimate of drug-likeness (QED) is 0.566. The first-order chi connectivity index (χ1) is 6.29. The molecule has 0 aromatic rings. The third-order valence-corrected chi connectivity index (χ3v) is 3.14. The van der Waals surface area contributed by atoms with Gasteiger partial charge in [0, 0.05) is 6.42 Å². The van der Waals surface area contributed by atoms with E-state index in [-0.39, 0.29) is 11.7 Å². The summed E-state index contributed by atoms with van der Waals surface area (Å²) < 4.78 is 0. The third-order valence-electron chi connectivity index (χ3n) is 3.14. The Morgan fingerprint density at radius 1 is 1.38 bits per heavy atom. The number of hydrogen-bond donors (Lipinski definition) is 0. The summed E-state index contributed by atoms with van der Waals surface area (Å²) in [6, 6.07) is 2.30. The SMILES string of the molecule is N#CC1CC[C@H]2CCC(=O)C=C2C1. The van der Waals surface area contributed by atoms with Gasteiger partial charge in [-0.05, 0) is 37.7 Å². The van der Waals surface area contributed by atoms with Crippen molar-refractivity contribution in [1.82, 2.24) is 0 Å². The Bertz CT molecular complexity index is 298. The highest BCUT2D eigenvalue weighted by molar-refractivity contribution is 5.91. The molecular weight excluding hydrogens is 162 g/mol. The Morgan fingerprint density at radius 2 is 2.23 bits per heavy atom. The lowest BCUT2D eigenvalue weighted by atomic mass is 9.74. The van der Waals surface area contributed by atoms with Gasteiger partial charge in [0.2, 0.25) is 0 Å². The molecule has 0 amide bonds. The van der Waals surface area contributed by atoms with Gasteiger partial charge in [0.15, 0.2) is 5.78 Å². The molecule has 0 aromatic heterocycles. The van der Waals surface area contributed by atoms with Crippen molar-refractivity contribution in [2.75, 3.05) is 0 Å². The smallest absolute Gasteiger partial charge is 0.155 e. The summed E-state index contributed by atoms with van der Waals surface area (Å²) in [5.74, 6) is 1.03. The van der Waals surface area contributed by atoms with E-state index in [9.17, 15) is 4.79 Å². The Labute approximate surface area is 78.2 Å². The zero-order valence-corrected chi connectivity index (χ0v) is 7.62. The van der Waals surface area contributed by atoms with Gasteiger partial charge >= 0.3 is 0 Å². The standard InChI is InChI=1S/C11H13NO/c12-7-8-1-2-9-3-4-11(13)6-10(9)5-8/h6,8-9H,1-5H2/t8?,9-/m0/s1. The van der Waals surface area contributed by atoms with Crippen LogP contribution in [0.4, 0.5) is 0 Å². The van der Waals surface area contributed by atoms with E-state index in [1.807, 2.05) is 0 Å². The molecule has 0 aliphatic heterocycles. The average molecular weight is 175 g/mol. The van der Waals surface area contributed by atoms with Crippen LogP contribution in [0.2, 0.25) is 0 Å². The number of carbonyl (C=O) groups is 1. The lowest BCUT2D eigenvalue weighted by molar-refractivity contribution is -0.115. The van der Waals surface area contributed by atoms with Crippen molar-refractivity contribution < 1.29 is 4.79 Å². The van der Waals surface area contributed by atoms with E-state index in [0.717, 1.165) is 25.7 Å². The molecule has 1 fully saturated rings. The molecule has 1 saturated carbocycles. The number of allylic oxidation sites excluding steroid dienone is 2. The monoisotopic (exact) mass is 175 g/mol. The second-order valence-corrected chi connectivity index (χ2v) is 4.03. The number of fused-ring (bicyclic) bond motifs is 1. The van der Waals surface area contributed by atoms with Crippen LogP contribution in [0.15, 0.2) is 11.6 Å². The molecule has 68 valence electrons. The summed E-state index contributed by atoms with van der Waals surface area (Å²) in [5.41, 5.74) is 1.24. The Morgan fingerprint density at radius 3 is 3.00 bits per heavy atom. The first-order valence-electron chi connectivity index (χ1n) is 4.92. The zero-order chi connectivity index (χ0) is 9.26. The van der Waals surface area contributed by atoms with Crippen LogP contribution in [-0.2, 0) is 4.79 Å². The van der Waals surface area contributed by atoms with Crippen molar-refractivity contribution in [3.8, 4) is 6.07 Å². The van der Waals surface area contributed by atoms with Gasteiger partial charge < -0.3 is 0 Å². The summed E-state index contributed by atoms with van der Waals surface area (Å²) >= 11 is 0. The second-order valence-electron chi connectivity index (χ2n) is 4.03. The predicted octanol–water partition coefficient (Wildman–Crippen LogP) is 2.22. The summed E-state index contributed by atoms with van der Waals surface area (Å²) in [4.78, 5) is 11.2. The van der Waals surface area contributed by atoms with Crippen LogP contribution in [0.5, 0.6) is 0 Å². The topological polar surface area (TPSA) is 40.9 Å². The third kappa shape index (κ3) is 1.65. The highest BCUT2D eigenvalue weighted by atomic mass is 16.1. The van der Waals surface area contributed by atoms with Crippen LogP contribution in [0, 0.1) is 23.2 Å². The zero-order valence-electron chi connectivity index (χ0n) is 7.62. The lowest BCUT2D eigenvalue weighted by Crippen LogP contribution is -2.21. The second kappa shape index (κ2) is 3.33. The molecule has 1 unspecified atom stereocenters. The fraction of sp³-hybridized carbons (Fsp3) is 0.636. The molecular formula is C11H13NO. The average Bonchev–Trinajstić information content (AvgIpc) is 2.16. The molecule has 2 aliphatic rings. The van der Waals surface area contributed by atoms with Crippen molar-refractivity contribution >= 4 is 5.78 Å². The number of carbonyl (C=O) groups excluding carboxylic acids is 1. The van der Waals surface area contributed by atoms with E-state index >= 15 is 0 Å². The van der Waals surface area contributed by atoms with Crippen LogP contribution < -0.4 is 0 Å². The van der Waals surface area contributed by atoms with Gasteiger partial charge in [-0.3, -0.25) is 4.79 Å². The van der Waals surface area contributed by atoms with Crippen LogP contribution in [0.25, 0.3) is 0 Å². The van der Waals surface area contributed by atoms with Gasteiger partial charge in [-0.15, -0.1) is 0 Å². The van der Waals surface area contributed by atoms with Gasteiger partial charge in [0.05, 0.1) is 12.0 Å². The minimum atomic E-state index is 0.161. The summed E-state index contributed by atoms with van der Waals surface area (Å²) in [6.07, 6.45) is 6.49. The Kier molecular flexibility index (Phi) is 2.18. The lowest BCUT2D eigenvalue weighted by Gasteiger charge is -2.30. The van der Waals surface area contributed by atoms with Crippen molar-refractivity contribution in [3.05, 3.63) is 11.6 Å². The van der Waals surface area contributed by atoms with Gasteiger partial charge in [0.1, 0.15) is 0 Å². The molecule has 0 aromatic carbocycles. The maximum absolute atomic E-state index is 11.2. The maximum Gasteiger partial charge on any atom is 0.155 e. The largest absolute Gasteiger partial charge is 0.295 e. The number of rotatable bonds is 0. The van der Waals surface area contributed by atoms with Crippen LogP contribution >= 0.6 is 0 Å². The van der Waals surface area contributed by atoms with Crippen molar-refractivity contribution in [2.45, 2.75) is 32.1 Å². The molecule has 2 aliphatic carbocycles. The molecule has 0 spiro atoms. The van der Waals surface area contributed by atoms with E-state index in [1.165, 1.54) is 5.57 Å².